The zero-order chi connectivity index (χ0) is 14.5. The van der Waals surface area contributed by atoms with Gasteiger partial charge in [0.15, 0.2) is 11.5 Å². The van der Waals surface area contributed by atoms with E-state index in [1.165, 1.54) is 0 Å². The number of fused-ring (bicyclic) bond motifs is 1. The Bertz CT molecular complexity index is 623. The second kappa shape index (κ2) is 7.54. The Kier molecular flexibility index (Phi) is 6.01. The van der Waals surface area contributed by atoms with Gasteiger partial charge in [-0.05, 0) is 22.4 Å². The number of thiophene rings is 1. The Morgan fingerprint density at radius 1 is 1.45 bits per heavy atom. The fourth-order valence-corrected chi connectivity index (χ4v) is 3.54. The van der Waals surface area contributed by atoms with Crippen molar-refractivity contribution >= 4 is 55.7 Å². The number of hydrogen-bond acceptors (Lipinski definition) is 5. The van der Waals surface area contributed by atoms with Crippen LogP contribution in [0.5, 0.6) is 0 Å². The van der Waals surface area contributed by atoms with Gasteiger partial charge in [0.2, 0.25) is 0 Å². The number of rotatable bonds is 7. The molecule has 0 spiro atoms. The van der Waals surface area contributed by atoms with Crippen LogP contribution in [0.1, 0.15) is 19.8 Å². The third-order valence-electron chi connectivity index (χ3n) is 2.98. The summed E-state index contributed by atoms with van der Waals surface area (Å²) in [6.45, 7) is 4.47. The molecule has 0 unspecified atom stereocenters. The molecule has 0 bridgehead atoms. The van der Waals surface area contributed by atoms with Gasteiger partial charge in [0.1, 0.15) is 0 Å². The van der Waals surface area contributed by atoms with E-state index >= 15 is 0 Å². The largest absolute Gasteiger partial charge is 0.438 e. The summed E-state index contributed by atoms with van der Waals surface area (Å²) in [7, 11) is 1.99. The molecule has 2 heterocycles. The van der Waals surface area contributed by atoms with Crippen molar-refractivity contribution in [1.82, 2.24) is 0 Å². The van der Waals surface area contributed by atoms with E-state index in [2.05, 4.69) is 22.9 Å². The standard InChI is InChI=1S/C14H18BrNO2S2/c1-3-4-6-17-7-5-16(2)12-8-11(19)14-13(18-12)10(15)9-20-14/h8-9H,3-7H2,1-2H3. The molecular weight excluding hydrogens is 358 g/mol. The topological polar surface area (TPSA) is 25.6 Å². The van der Waals surface area contributed by atoms with Crippen molar-refractivity contribution in [1.29, 1.82) is 0 Å². The van der Waals surface area contributed by atoms with Crippen LogP contribution >= 0.6 is 39.5 Å². The summed E-state index contributed by atoms with van der Waals surface area (Å²) in [6.07, 6.45) is 2.27. The molecule has 2 aromatic rings. The smallest absolute Gasteiger partial charge is 0.197 e. The van der Waals surface area contributed by atoms with Gasteiger partial charge in [-0.2, -0.15) is 0 Å². The van der Waals surface area contributed by atoms with Gasteiger partial charge in [0.25, 0.3) is 0 Å². The van der Waals surface area contributed by atoms with Gasteiger partial charge in [0, 0.05) is 31.6 Å². The van der Waals surface area contributed by atoms with Crippen molar-refractivity contribution in [3.05, 3.63) is 20.4 Å². The lowest BCUT2D eigenvalue weighted by Crippen LogP contribution is -2.22. The Morgan fingerprint density at radius 3 is 3.00 bits per heavy atom. The van der Waals surface area contributed by atoms with E-state index in [4.69, 9.17) is 21.4 Å². The summed E-state index contributed by atoms with van der Waals surface area (Å²) in [6, 6.07) is 1.91. The minimum Gasteiger partial charge on any atom is -0.438 e. The van der Waals surface area contributed by atoms with Crippen LogP contribution in [0.25, 0.3) is 10.3 Å². The maximum absolute atomic E-state index is 5.92. The molecular formula is C14H18BrNO2S2. The lowest BCUT2D eigenvalue weighted by Gasteiger charge is -2.17. The van der Waals surface area contributed by atoms with Gasteiger partial charge in [-0.1, -0.05) is 25.6 Å². The molecule has 0 atom stereocenters. The van der Waals surface area contributed by atoms with E-state index < -0.39 is 0 Å². The Labute approximate surface area is 136 Å². The second-order valence-corrected chi connectivity index (χ2v) is 6.75. The van der Waals surface area contributed by atoms with Gasteiger partial charge in [0.05, 0.1) is 20.3 Å². The van der Waals surface area contributed by atoms with E-state index in [9.17, 15) is 0 Å². The highest BCUT2D eigenvalue weighted by Crippen LogP contribution is 2.34. The monoisotopic (exact) mass is 375 g/mol. The number of unbranched alkanes of at least 4 members (excludes halogenated alkanes) is 1. The fraction of sp³-hybridized carbons (Fsp3) is 0.500. The van der Waals surface area contributed by atoms with E-state index in [0.717, 1.165) is 51.1 Å². The summed E-state index contributed by atoms with van der Waals surface area (Å²) in [5, 5.41) is 2.00. The highest BCUT2D eigenvalue weighted by molar-refractivity contribution is 9.10. The van der Waals surface area contributed by atoms with Crippen LogP contribution < -0.4 is 4.90 Å². The van der Waals surface area contributed by atoms with Crippen LogP contribution in [0.4, 0.5) is 5.88 Å². The van der Waals surface area contributed by atoms with Crippen LogP contribution in [0.3, 0.4) is 0 Å². The van der Waals surface area contributed by atoms with Crippen LogP contribution in [-0.4, -0.2) is 26.8 Å². The summed E-state index contributed by atoms with van der Waals surface area (Å²) in [4.78, 5) is 2.03. The molecule has 0 aliphatic heterocycles. The molecule has 3 nitrogen and oxygen atoms in total. The average Bonchev–Trinajstić information content (AvgIpc) is 2.81. The van der Waals surface area contributed by atoms with Crippen molar-refractivity contribution in [2.24, 2.45) is 0 Å². The number of anilines is 1. The van der Waals surface area contributed by atoms with Crippen molar-refractivity contribution in [3.63, 3.8) is 0 Å². The van der Waals surface area contributed by atoms with Crippen LogP contribution in [0.2, 0.25) is 0 Å². The van der Waals surface area contributed by atoms with Crippen molar-refractivity contribution in [2.45, 2.75) is 19.8 Å². The van der Waals surface area contributed by atoms with Gasteiger partial charge in [-0.3, -0.25) is 0 Å². The predicted octanol–water partition coefficient (Wildman–Crippen LogP) is 5.24. The molecule has 0 aliphatic carbocycles. The number of nitrogens with zero attached hydrogens (tertiary/aromatic N) is 1. The molecule has 6 heteroatoms. The molecule has 0 saturated heterocycles. The Balaban J connectivity index is 2.04. The minimum absolute atomic E-state index is 0.696. The van der Waals surface area contributed by atoms with Crippen LogP contribution in [0.15, 0.2) is 20.3 Å². The molecule has 0 aliphatic rings. The quantitative estimate of drug-likeness (QED) is 0.488. The molecule has 2 rings (SSSR count). The normalized spacial score (nSPS) is 11.2. The first-order valence-electron chi connectivity index (χ1n) is 6.63. The van der Waals surface area contributed by atoms with Crippen molar-refractivity contribution < 1.29 is 9.15 Å². The number of likely N-dealkylation sites (N-methyl/N-ethyl adjacent to an activating group) is 1. The third-order valence-corrected chi connectivity index (χ3v) is 5.32. The zero-order valence-electron chi connectivity index (χ0n) is 11.6. The fourth-order valence-electron chi connectivity index (χ4n) is 1.75. The van der Waals surface area contributed by atoms with Crippen molar-refractivity contribution in [3.8, 4) is 0 Å². The molecule has 2 aromatic heterocycles. The Hall–Kier alpha value is -0.430. The molecule has 0 saturated carbocycles. The highest BCUT2D eigenvalue weighted by Gasteiger charge is 2.10. The van der Waals surface area contributed by atoms with E-state index in [0.29, 0.717) is 6.61 Å². The molecule has 20 heavy (non-hydrogen) atoms. The van der Waals surface area contributed by atoms with Crippen LogP contribution in [0, 0.1) is 4.51 Å². The number of halogens is 1. The van der Waals surface area contributed by atoms with E-state index in [1.54, 1.807) is 11.3 Å². The highest BCUT2D eigenvalue weighted by atomic mass is 79.9. The van der Waals surface area contributed by atoms with E-state index in [1.807, 2.05) is 23.4 Å². The first-order chi connectivity index (χ1) is 9.63. The first kappa shape index (κ1) is 15.9. The molecule has 0 N–H and O–H groups in total. The summed E-state index contributed by atoms with van der Waals surface area (Å²) < 4.78 is 14.3. The summed E-state index contributed by atoms with van der Waals surface area (Å²) in [5.74, 6) is 0.778. The van der Waals surface area contributed by atoms with Gasteiger partial charge in [-0.25, -0.2) is 0 Å². The van der Waals surface area contributed by atoms with Gasteiger partial charge >= 0.3 is 0 Å². The van der Waals surface area contributed by atoms with Gasteiger partial charge < -0.3 is 14.1 Å². The lowest BCUT2D eigenvalue weighted by molar-refractivity contribution is 0.137. The maximum Gasteiger partial charge on any atom is 0.197 e. The first-order valence-corrected chi connectivity index (χ1v) is 8.71. The Morgan fingerprint density at radius 2 is 2.25 bits per heavy atom. The molecule has 110 valence electrons. The summed E-state index contributed by atoms with van der Waals surface area (Å²) >= 11 is 10.5. The third kappa shape index (κ3) is 3.81. The zero-order valence-corrected chi connectivity index (χ0v) is 14.9. The number of ether oxygens (including phenoxy) is 1. The average molecular weight is 376 g/mol. The molecule has 0 amide bonds. The SMILES string of the molecule is CCCCOCCN(C)c1cc(=S)c2scc(Br)c2o1. The van der Waals surface area contributed by atoms with E-state index in [-0.39, 0.29) is 0 Å². The maximum atomic E-state index is 5.92. The minimum atomic E-state index is 0.696. The summed E-state index contributed by atoms with van der Waals surface area (Å²) in [5.41, 5.74) is 0.830. The van der Waals surface area contributed by atoms with Gasteiger partial charge in [-0.15, -0.1) is 11.3 Å². The molecule has 0 radical (unpaired) electrons. The lowest BCUT2D eigenvalue weighted by atomic mass is 10.4. The number of hydrogen-bond donors (Lipinski definition) is 0. The predicted molar refractivity (Wildman–Crippen MR) is 91.6 cm³/mol. The van der Waals surface area contributed by atoms with Crippen molar-refractivity contribution in [2.75, 3.05) is 31.7 Å². The van der Waals surface area contributed by atoms with Crippen LogP contribution in [-0.2, 0) is 4.74 Å². The second-order valence-electron chi connectivity index (χ2n) is 4.58. The molecule has 0 fully saturated rings. The molecule has 0 aromatic carbocycles.